The van der Waals surface area contributed by atoms with E-state index in [1.807, 2.05) is 32.0 Å². The first-order chi connectivity index (χ1) is 7.99. The number of thioether (sulfide) groups is 1. The monoisotopic (exact) mass is 252 g/mol. The second kappa shape index (κ2) is 6.30. The average molecular weight is 252 g/mol. The molecule has 92 valence electrons. The van der Waals surface area contributed by atoms with Gasteiger partial charge in [0, 0.05) is 4.90 Å². The highest BCUT2D eigenvalue weighted by Gasteiger charge is 2.05. The van der Waals surface area contributed by atoms with Crippen molar-refractivity contribution in [2.24, 2.45) is 5.73 Å². The third-order valence-corrected chi connectivity index (χ3v) is 3.32. The van der Waals surface area contributed by atoms with E-state index >= 15 is 0 Å². The summed E-state index contributed by atoms with van der Waals surface area (Å²) in [5.74, 6) is -0.429. The van der Waals surface area contributed by atoms with Crippen LogP contribution in [-0.2, 0) is 9.59 Å². The second-order valence-electron chi connectivity index (χ2n) is 3.80. The van der Waals surface area contributed by atoms with Gasteiger partial charge in [0.25, 0.3) is 0 Å². The van der Waals surface area contributed by atoms with Gasteiger partial charge in [-0.3, -0.25) is 9.59 Å². The van der Waals surface area contributed by atoms with Gasteiger partial charge in [-0.1, -0.05) is 17.7 Å². The van der Waals surface area contributed by atoms with Gasteiger partial charge in [0.15, 0.2) is 0 Å². The second-order valence-corrected chi connectivity index (χ2v) is 4.82. The Kier molecular flexibility index (Phi) is 5.03. The SMILES string of the molecule is Cc1ccc(C)c(SCC(=O)NCC(N)=O)c1. The zero-order chi connectivity index (χ0) is 12.8. The number of nitrogens with two attached hydrogens (primary N) is 1. The molecule has 1 rings (SSSR count). The molecule has 0 heterocycles. The van der Waals surface area contributed by atoms with Gasteiger partial charge in [0.05, 0.1) is 12.3 Å². The Morgan fingerprint density at radius 3 is 2.71 bits per heavy atom. The van der Waals surface area contributed by atoms with Gasteiger partial charge in [-0.15, -0.1) is 11.8 Å². The maximum Gasteiger partial charge on any atom is 0.236 e. The highest BCUT2D eigenvalue weighted by Crippen LogP contribution is 2.23. The molecule has 0 aliphatic heterocycles. The van der Waals surface area contributed by atoms with E-state index in [-0.39, 0.29) is 18.2 Å². The quantitative estimate of drug-likeness (QED) is 0.768. The van der Waals surface area contributed by atoms with E-state index in [1.54, 1.807) is 0 Å². The Bertz CT molecular complexity index is 433. The largest absolute Gasteiger partial charge is 0.368 e. The van der Waals surface area contributed by atoms with Crippen molar-refractivity contribution in [3.8, 4) is 0 Å². The molecule has 4 nitrogen and oxygen atoms in total. The van der Waals surface area contributed by atoms with Crippen molar-refractivity contribution in [2.45, 2.75) is 18.7 Å². The summed E-state index contributed by atoms with van der Waals surface area (Å²) in [6, 6.07) is 6.10. The highest BCUT2D eigenvalue weighted by atomic mass is 32.2. The molecule has 0 spiro atoms. The number of rotatable bonds is 5. The number of nitrogens with one attached hydrogen (secondary N) is 1. The third-order valence-electron chi connectivity index (χ3n) is 2.16. The maximum atomic E-state index is 11.4. The number of aryl methyl sites for hydroxylation is 2. The van der Waals surface area contributed by atoms with Crippen molar-refractivity contribution in [2.75, 3.05) is 12.3 Å². The standard InChI is InChI=1S/C12H16N2O2S/c1-8-3-4-9(2)10(5-8)17-7-12(16)14-6-11(13)15/h3-5H,6-7H2,1-2H3,(H2,13,15)(H,14,16). The zero-order valence-corrected chi connectivity index (χ0v) is 10.8. The Balaban J connectivity index is 2.47. The van der Waals surface area contributed by atoms with E-state index in [4.69, 9.17) is 5.73 Å². The number of benzene rings is 1. The molecule has 2 amide bonds. The maximum absolute atomic E-state index is 11.4. The van der Waals surface area contributed by atoms with Gasteiger partial charge in [-0.2, -0.15) is 0 Å². The van der Waals surface area contributed by atoms with Crippen molar-refractivity contribution < 1.29 is 9.59 Å². The molecular formula is C12H16N2O2S. The van der Waals surface area contributed by atoms with Crippen molar-refractivity contribution in [1.29, 1.82) is 0 Å². The number of amides is 2. The highest BCUT2D eigenvalue weighted by molar-refractivity contribution is 8.00. The van der Waals surface area contributed by atoms with Gasteiger partial charge in [-0.05, 0) is 25.5 Å². The molecule has 0 saturated heterocycles. The van der Waals surface area contributed by atoms with Crippen LogP contribution < -0.4 is 11.1 Å². The molecule has 0 saturated carbocycles. The minimum Gasteiger partial charge on any atom is -0.368 e. The molecule has 17 heavy (non-hydrogen) atoms. The van der Waals surface area contributed by atoms with Gasteiger partial charge < -0.3 is 11.1 Å². The fourth-order valence-corrected chi connectivity index (χ4v) is 2.20. The number of carbonyl (C=O) groups excluding carboxylic acids is 2. The van der Waals surface area contributed by atoms with E-state index in [0.29, 0.717) is 0 Å². The molecule has 1 aromatic rings. The number of hydrogen-bond donors (Lipinski definition) is 2. The lowest BCUT2D eigenvalue weighted by Crippen LogP contribution is -2.34. The van der Waals surface area contributed by atoms with Crippen LogP contribution >= 0.6 is 11.8 Å². The van der Waals surface area contributed by atoms with Crippen LogP contribution in [0.25, 0.3) is 0 Å². The molecule has 0 aliphatic rings. The van der Waals surface area contributed by atoms with Crippen LogP contribution in [0.3, 0.4) is 0 Å². The van der Waals surface area contributed by atoms with E-state index in [1.165, 1.54) is 11.8 Å². The molecule has 0 atom stereocenters. The predicted molar refractivity (Wildman–Crippen MR) is 68.8 cm³/mol. The molecule has 1 aromatic carbocycles. The molecule has 0 aliphatic carbocycles. The summed E-state index contributed by atoms with van der Waals surface area (Å²) in [6.45, 7) is 3.91. The summed E-state index contributed by atoms with van der Waals surface area (Å²) >= 11 is 1.46. The summed E-state index contributed by atoms with van der Waals surface area (Å²) in [6.07, 6.45) is 0. The fraction of sp³-hybridized carbons (Fsp3) is 0.333. The average Bonchev–Trinajstić information content (AvgIpc) is 2.27. The smallest absolute Gasteiger partial charge is 0.236 e. The molecule has 5 heteroatoms. The minimum absolute atomic E-state index is 0.105. The predicted octanol–water partition coefficient (Wildman–Crippen LogP) is 0.997. The minimum atomic E-state index is -0.532. The lowest BCUT2D eigenvalue weighted by atomic mass is 10.2. The van der Waals surface area contributed by atoms with Gasteiger partial charge in [-0.25, -0.2) is 0 Å². The van der Waals surface area contributed by atoms with Crippen LogP contribution in [0.5, 0.6) is 0 Å². The summed E-state index contributed by atoms with van der Waals surface area (Å²) in [5, 5.41) is 2.45. The molecule has 0 fully saturated rings. The Morgan fingerprint density at radius 2 is 2.06 bits per heavy atom. The van der Waals surface area contributed by atoms with Gasteiger partial charge >= 0.3 is 0 Å². The number of primary amides is 1. The van der Waals surface area contributed by atoms with Crippen LogP contribution in [0.1, 0.15) is 11.1 Å². The van der Waals surface area contributed by atoms with Crippen LogP contribution in [0.15, 0.2) is 23.1 Å². The summed E-state index contributed by atoms with van der Waals surface area (Å²) in [7, 11) is 0. The summed E-state index contributed by atoms with van der Waals surface area (Å²) < 4.78 is 0. The van der Waals surface area contributed by atoms with Gasteiger partial charge in [0.1, 0.15) is 0 Å². The van der Waals surface area contributed by atoms with Crippen LogP contribution in [0.2, 0.25) is 0 Å². The molecule has 3 N–H and O–H groups in total. The van der Waals surface area contributed by atoms with E-state index < -0.39 is 5.91 Å². The molecular weight excluding hydrogens is 236 g/mol. The van der Waals surface area contributed by atoms with E-state index in [0.717, 1.165) is 16.0 Å². The van der Waals surface area contributed by atoms with Crippen molar-refractivity contribution in [3.05, 3.63) is 29.3 Å². The lowest BCUT2D eigenvalue weighted by Gasteiger charge is -2.06. The normalized spacial score (nSPS) is 10.0. The molecule has 0 aromatic heterocycles. The first-order valence-corrected chi connectivity index (χ1v) is 6.22. The van der Waals surface area contributed by atoms with E-state index in [9.17, 15) is 9.59 Å². The Hall–Kier alpha value is -1.49. The van der Waals surface area contributed by atoms with Crippen molar-refractivity contribution in [1.82, 2.24) is 5.32 Å². The summed E-state index contributed by atoms with van der Waals surface area (Å²) in [5.41, 5.74) is 7.24. The molecule has 0 radical (unpaired) electrons. The summed E-state index contributed by atoms with van der Waals surface area (Å²) in [4.78, 5) is 22.9. The number of hydrogen-bond acceptors (Lipinski definition) is 3. The zero-order valence-electron chi connectivity index (χ0n) is 9.95. The van der Waals surface area contributed by atoms with Crippen LogP contribution in [-0.4, -0.2) is 24.1 Å². The topological polar surface area (TPSA) is 72.2 Å². The van der Waals surface area contributed by atoms with Crippen LogP contribution in [0.4, 0.5) is 0 Å². The lowest BCUT2D eigenvalue weighted by molar-refractivity contribution is -0.123. The van der Waals surface area contributed by atoms with E-state index in [2.05, 4.69) is 5.32 Å². The van der Waals surface area contributed by atoms with Gasteiger partial charge in [0.2, 0.25) is 11.8 Å². The fourth-order valence-electron chi connectivity index (χ4n) is 1.24. The Morgan fingerprint density at radius 1 is 1.35 bits per heavy atom. The van der Waals surface area contributed by atoms with Crippen molar-refractivity contribution in [3.63, 3.8) is 0 Å². The van der Waals surface area contributed by atoms with Crippen LogP contribution in [0, 0.1) is 13.8 Å². The number of carbonyl (C=O) groups is 2. The first-order valence-electron chi connectivity index (χ1n) is 5.24. The first kappa shape index (κ1) is 13.6. The molecule has 0 bridgehead atoms. The third kappa shape index (κ3) is 4.91. The molecule has 0 unspecified atom stereocenters. The van der Waals surface area contributed by atoms with Crippen molar-refractivity contribution >= 4 is 23.6 Å². The Labute approximate surface area is 105 Å².